The molecule has 2 aromatic rings. The molecular formula is C34H52F3N5O3. The van der Waals surface area contributed by atoms with E-state index in [0.29, 0.717) is 31.8 Å². The number of carbonyl (C=O) groups excluding carboxylic acids is 2. The van der Waals surface area contributed by atoms with Crippen LogP contribution in [0.1, 0.15) is 69.6 Å². The minimum absolute atomic E-state index is 0.0506. The molecule has 1 atom stereocenters. The summed E-state index contributed by atoms with van der Waals surface area (Å²) in [5, 5.41) is 12.1. The fraction of sp³-hybridized carbons (Fsp3) is 0.529. The van der Waals surface area contributed by atoms with Crippen molar-refractivity contribution in [3.8, 4) is 5.75 Å². The van der Waals surface area contributed by atoms with Crippen LogP contribution in [0.5, 0.6) is 5.75 Å². The van der Waals surface area contributed by atoms with Gasteiger partial charge in [-0.25, -0.2) is 0 Å². The quantitative estimate of drug-likeness (QED) is 0.293. The van der Waals surface area contributed by atoms with Crippen LogP contribution in [-0.4, -0.2) is 57.2 Å². The van der Waals surface area contributed by atoms with Crippen LogP contribution in [0.4, 0.5) is 13.2 Å². The summed E-state index contributed by atoms with van der Waals surface area (Å²) in [4.78, 5) is 24.7. The van der Waals surface area contributed by atoms with Crippen molar-refractivity contribution in [2.24, 2.45) is 5.73 Å². The number of halogens is 3. The molecule has 3 rings (SSSR count). The smallest absolute Gasteiger partial charge is 0.416 e. The van der Waals surface area contributed by atoms with E-state index >= 15 is 0 Å². The highest BCUT2D eigenvalue weighted by molar-refractivity contribution is 5.88. The molecule has 8 nitrogen and oxygen atoms in total. The van der Waals surface area contributed by atoms with Crippen molar-refractivity contribution >= 4 is 11.8 Å². The third-order valence-electron chi connectivity index (χ3n) is 6.40. The maximum Gasteiger partial charge on any atom is 0.416 e. The Kier molecular flexibility index (Phi) is 20.0. The zero-order valence-corrected chi connectivity index (χ0v) is 27.2. The third-order valence-corrected chi connectivity index (χ3v) is 6.40. The third kappa shape index (κ3) is 17.5. The number of nitrogens with one attached hydrogen (secondary N) is 4. The summed E-state index contributed by atoms with van der Waals surface area (Å²) >= 11 is 0. The van der Waals surface area contributed by atoms with E-state index in [9.17, 15) is 22.8 Å². The minimum atomic E-state index is -4.22. The Hall–Kier alpha value is -3.57. The Labute approximate surface area is 266 Å². The molecule has 252 valence electrons. The molecule has 1 heterocycles. The van der Waals surface area contributed by atoms with Crippen molar-refractivity contribution in [2.75, 3.05) is 39.3 Å². The van der Waals surface area contributed by atoms with Crippen LogP contribution < -0.4 is 31.7 Å². The highest BCUT2D eigenvalue weighted by Gasteiger charge is 2.29. The van der Waals surface area contributed by atoms with Crippen molar-refractivity contribution < 1.29 is 27.5 Å². The molecule has 1 aliphatic heterocycles. The molecule has 6 N–H and O–H groups in total. The average Bonchev–Trinajstić information content (AvgIpc) is 3.00. The van der Waals surface area contributed by atoms with Crippen LogP contribution in [-0.2, 0) is 22.2 Å². The molecule has 11 heteroatoms. The van der Waals surface area contributed by atoms with Gasteiger partial charge in [0.15, 0.2) is 0 Å². The first-order valence-corrected chi connectivity index (χ1v) is 15.8. The van der Waals surface area contributed by atoms with Crippen molar-refractivity contribution in [3.63, 3.8) is 0 Å². The Morgan fingerprint density at radius 2 is 1.73 bits per heavy atom. The number of hydrogen-bond donors (Lipinski definition) is 5. The summed E-state index contributed by atoms with van der Waals surface area (Å²) in [6.07, 6.45) is 3.85. The second-order valence-corrected chi connectivity index (χ2v) is 10.7. The number of unbranched alkanes of at least 4 members (excludes halogenated alkanes) is 2. The first-order valence-electron chi connectivity index (χ1n) is 15.8. The highest BCUT2D eigenvalue weighted by atomic mass is 19.4. The predicted molar refractivity (Wildman–Crippen MR) is 175 cm³/mol. The van der Waals surface area contributed by atoms with E-state index < -0.39 is 17.8 Å². The van der Waals surface area contributed by atoms with Gasteiger partial charge in [0.1, 0.15) is 18.4 Å². The number of amides is 2. The number of hydrogen-bond acceptors (Lipinski definition) is 6. The zero-order chi connectivity index (χ0) is 33.5. The maximum atomic E-state index is 12.4. The summed E-state index contributed by atoms with van der Waals surface area (Å²) < 4.78 is 41.9. The van der Waals surface area contributed by atoms with Gasteiger partial charge >= 0.3 is 6.18 Å². The first kappa shape index (κ1) is 39.5. The fourth-order valence-corrected chi connectivity index (χ4v) is 4.10. The molecule has 0 spiro atoms. The molecule has 0 aromatic heterocycles. The topological polar surface area (TPSA) is 118 Å². The molecule has 0 saturated carbocycles. The van der Waals surface area contributed by atoms with Crippen LogP contribution in [0.2, 0.25) is 0 Å². The molecule has 45 heavy (non-hydrogen) atoms. The van der Waals surface area contributed by atoms with Gasteiger partial charge in [-0.05, 0) is 43.9 Å². The van der Waals surface area contributed by atoms with Gasteiger partial charge in [0, 0.05) is 31.9 Å². The van der Waals surface area contributed by atoms with E-state index in [1.54, 1.807) is 13.0 Å². The molecule has 0 radical (unpaired) electrons. The predicted octanol–water partition coefficient (Wildman–Crippen LogP) is 5.25. The Bertz CT molecular complexity index is 1160. The van der Waals surface area contributed by atoms with Gasteiger partial charge in [-0.15, -0.1) is 0 Å². The van der Waals surface area contributed by atoms with Crippen LogP contribution in [0.3, 0.4) is 0 Å². The largest absolute Gasteiger partial charge is 0.492 e. The number of nitrogens with two attached hydrogens (primary N) is 1. The van der Waals surface area contributed by atoms with Gasteiger partial charge < -0.3 is 31.7 Å². The standard InChI is InChI=1S/C23H37N5O3.C8H7F3.C3H8/c1-2-3-4-10-19-16-25-13-14-31-21-11-6-5-8-18(21)9-7-12-26-23(30)20(15-24)28-22(29)17-27-19;1-6-3-2-4-7(5-6)8(9,10)11;1-3-2/h5-6,8,10-11,20,25,27H,2-4,7,9,12-17,24H2,1H3,(H,26,30)(H,28,29);2-5H,1H3;3H2,1-2H3/b19-10-;;. The summed E-state index contributed by atoms with van der Waals surface area (Å²) in [7, 11) is 0. The molecule has 1 unspecified atom stereocenters. The normalized spacial score (nSPS) is 17.7. The Morgan fingerprint density at radius 1 is 1.00 bits per heavy atom. The number of allylic oxidation sites excluding steroid dienone is 1. The molecule has 0 bridgehead atoms. The monoisotopic (exact) mass is 635 g/mol. The van der Waals surface area contributed by atoms with E-state index in [4.69, 9.17) is 10.5 Å². The lowest BCUT2D eigenvalue weighted by molar-refractivity contribution is -0.137. The van der Waals surface area contributed by atoms with Gasteiger partial charge in [-0.3, -0.25) is 9.59 Å². The lowest BCUT2D eigenvalue weighted by Crippen LogP contribution is -2.52. The van der Waals surface area contributed by atoms with E-state index in [1.807, 2.05) is 24.3 Å². The second-order valence-electron chi connectivity index (χ2n) is 10.7. The van der Waals surface area contributed by atoms with E-state index in [2.05, 4.69) is 48.1 Å². The fourth-order valence-electron chi connectivity index (χ4n) is 4.10. The molecular weight excluding hydrogens is 583 g/mol. The average molecular weight is 636 g/mol. The van der Waals surface area contributed by atoms with Gasteiger partial charge in [0.25, 0.3) is 0 Å². The number of para-hydroxylation sites is 1. The van der Waals surface area contributed by atoms with Crippen LogP contribution in [0.15, 0.2) is 60.3 Å². The van der Waals surface area contributed by atoms with E-state index in [-0.39, 0.29) is 24.9 Å². The van der Waals surface area contributed by atoms with E-state index in [1.165, 1.54) is 12.5 Å². The zero-order valence-electron chi connectivity index (χ0n) is 27.2. The van der Waals surface area contributed by atoms with Crippen molar-refractivity contribution in [1.82, 2.24) is 21.3 Å². The van der Waals surface area contributed by atoms with Gasteiger partial charge in [-0.2, -0.15) is 13.2 Å². The first-order chi connectivity index (χ1) is 21.5. The number of fused-ring (bicyclic) bond motifs is 1. The van der Waals surface area contributed by atoms with Crippen LogP contribution in [0, 0.1) is 6.92 Å². The number of rotatable bonds is 4. The second kappa shape index (κ2) is 22.9. The molecule has 0 fully saturated rings. The van der Waals surface area contributed by atoms with Crippen molar-refractivity contribution in [2.45, 2.75) is 78.4 Å². The highest BCUT2D eigenvalue weighted by Crippen LogP contribution is 2.29. The number of carbonyl (C=O) groups is 2. The minimum Gasteiger partial charge on any atom is -0.492 e. The van der Waals surface area contributed by atoms with Crippen molar-refractivity contribution in [1.29, 1.82) is 0 Å². The molecule has 0 aliphatic carbocycles. The summed E-state index contributed by atoms with van der Waals surface area (Å²) in [5.74, 6) is 0.355. The number of ether oxygens (including phenoxy) is 1. The van der Waals surface area contributed by atoms with Crippen LogP contribution >= 0.6 is 0 Å². The lowest BCUT2D eigenvalue weighted by atomic mass is 10.1. The Morgan fingerprint density at radius 3 is 2.38 bits per heavy atom. The molecule has 1 aliphatic rings. The summed E-state index contributed by atoms with van der Waals surface area (Å²) in [5.41, 5.74) is 7.82. The summed E-state index contributed by atoms with van der Waals surface area (Å²) in [6, 6.07) is 12.5. The molecule has 0 saturated heterocycles. The maximum absolute atomic E-state index is 12.4. The van der Waals surface area contributed by atoms with E-state index in [0.717, 1.165) is 61.2 Å². The van der Waals surface area contributed by atoms with Gasteiger partial charge in [0.05, 0.1) is 12.1 Å². The molecule has 2 aromatic carbocycles. The number of aryl methyl sites for hydroxylation is 2. The van der Waals surface area contributed by atoms with Gasteiger partial charge in [-0.1, -0.05) is 88.1 Å². The summed E-state index contributed by atoms with van der Waals surface area (Å²) in [6.45, 7) is 10.5. The SMILES string of the molecule is CCC.CCCC/C=C1/CNCCOc2ccccc2CCCNC(=O)C(CN)NC(=O)CN1.Cc1cccc(C(F)(F)F)c1. The lowest BCUT2D eigenvalue weighted by Gasteiger charge is -2.19. The molecule has 2 amide bonds. The van der Waals surface area contributed by atoms with Gasteiger partial charge in [0.2, 0.25) is 11.8 Å². The van der Waals surface area contributed by atoms with Crippen molar-refractivity contribution in [3.05, 3.63) is 77.0 Å². The number of alkyl halides is 3. The number of benzene rings is 2. The Balaban J connectivity index is 0.000000598. The van der Waals surface area contributed by atoms with Crippen LogP contribution in [0.25, 0.3) is 0 Å².